The molecule has 3 nitrogen and oxygen atoms in total. The first-order valence-electron chi connectivity index (χ1n) is 6.34. The Hall–Kier alpha value is -0.870. The second-order valence-electron chi connectivity index (χ2n) is 5.25. The monoisotopic (exact) mass is 310 g/mol. The normalized spacial score (nSPS) is 18.3. The lowest BCUT2D eigenvalue weighted by Crippen LogP contribution is -2.42. The van der Waals surface area contributed by atoms with Crippen LogP contribution in [0.1, 0.15) is 30.1 Å². The Morgan fingerprint density at radius 2 is 1.94 bits per heavy atom. The summed E-state index contributed by atoms with van der Waals surface area (Å²) in [4.78, 5) is 12.0. The molecule has 1 fully saturated rings. The van der Waals surface area contributed by atoms with E-state index in [0.717, 1.165) is 42.5 Å². The Labute approximate surface area is 116 Å². The fraction of sp³-hybridized carbons (Fsp3) is 0.500. The van der Waals surface area contributed by atoms with E-state index in [4.69, 9.17) is 0 Å². The topological polar surface area (TPSA) is 41.1 Å². The van der Waals surface area contributed by atoms with E-state index in [0.29, 0.717) is 0 Å². The SMILES string of the molecule is CC1(CNC(=O)c2ccc(Br)cc2)CCNCC1. The van der Waals surface area contributed by atoms with Gasteiger partial charge in [0.15, 0.2) is 0 Å². The van der Waals surface area contributed by atoms with Crippen molar-refractivity contribution in [3.63, 3.8) is 0 Å². The Morgan fingerprint density at radius 1 is 1.33 bits per heavy atom. The molecule has 1 amide bonds. The van der Waals surface area contributed by atoms with Crippen LogP contribution in [0.4, 0.5) is 0 Å². The van der Waals surface area contributed by atoms with Gasteiger partial charge in [-0.1, -0.05) is 22.9 Å². The van der Waals surface area contributed by atoms with Gasteiger partial charge in [0.05, 0.1) is 0 Å². The van der Waals surface area contributed by atoms with Crippen molar-refractivity contribution in [1.29, 1.82) is 0 Å². The molecule has 0 bridgehead atoms. The minimum atomic E-state index is 0.0160. The summed E-state index contributed by atoms with van der Waals surface area (Å²) in [6, 6.07) is 7.46. The van der Waals surface area contributed by atoms with Crippen LogP contribution in [-0.2, 0) is 0 Å². The zero-order valence-corrected chi connectivity index (χ0v) is 12.2. The summed E-state index contributed by atoms with van der Waals surface area (Å²) >= 11 is 3.37. The van der Waals surface area contributed by atoms with E-state index in [2.05, 4.69) is 33.5 Å². The highest BCUT2D eigenvalue weighted by molar-refractivity contribution is 9.10. The smallest absolute Gasteiger partial charge is 0.251 e. The van der Waals surface area contributed by atoms with Crippen LogP contribution in [-0.4, -0.2) is 25.5 Å². The minimum Gasteiger partial charge on any atom is -0.351 e. The molecule has 0 aromatic heterocycles. The quantitative estimate of drug-likeness (QED) is 0.901. The molecule has 0 unspecified atom stereocenters. The Balaban J connectivity index is 1.89. The van der Waals surface area contributed by atoms with Gasteiger partial charge in [0.1, 0.15) is 0 Å². The van der Waals surface area contributed by atoms with Gasteiger partial charge in [-0.15, -0.1) is 0 Å². The molecular weight excluding hydrogens is 292 g/mol. The fourth-order valence-electron chi connectivity index (χ4n) is 2.20. The number of carbonyl (C=O) groups is 1. The van der Waals surface area contributed by atoms with Crippen LogP contribution in [0.25, 0.3) is 0 Å². The molecule has 1 aliphatic heterocycles. The number of nitrogens with one attached hydrogen (secondary N) is 2. The van der Waals surface area contributed by atoms with Crippen molar-refractivity contribution < 1.29 is 4.79 Å². The fourth-order valence-corrected chi connectivity index (χ4v) is 2.47. The van der Waals surface area contributed by atoms with Crippen LogP contribution in [0.15, 0.2) is 28.7 Å². The van der Waals surface area contributed by atoms with Crippen molar-refractivity contribution in [3.05, 3.63) is 34.3 Å². The van der Waals surface area contributed by atoms with Crippen LogP contribution < -0.4 is 10.6 Å². The van der Waals surface area contributed by atoms with Gasteiger partial charge in [-0.05, 0) is 55.6 Å². The third-order valence-electron chi connectivity index (χ3n) is 3.59. The summed E-state index contributed by atoms with van der Waals surface area (Å²) in [5.41, 5.74) is 0.951. The average Bonchev–Trinajstić information content (AvgIpc) is 2.38. The van der Waals surface area contributed by atoms with Gasteiger partial charge >= 0.3 is 0 Å². The number of benzene rings is 1. The van der Waals surface area contributed by atoms with Gasteiger partial charge in [0.2, 0.25) is 0 Å². The predicted molar refractivity (Wildman–Crippen MR) is 76.7 cm³/mol. The molecule has 0 radical (unpaired) electrons. The number of amides is 1. The predicted octanol–water partition coefficient (Wildman–Crippen LogP) is 2.57. The van der Waals surface area contributed by atoms with Crippen LogP contribution in [0.3, 0.4) is 0 Å². The largest absolute Gasteiger partial charge is 0.351 e. The van der Waals surface area contributed by atoms with Crippen molar-refractivity contribution in [2.75, 3.05) is 19.6 Å². The molecule has 0 saturated carbocycles. The molecule has 18 heavy (non-hydrogen) atoms. The van der Waals surface area contributed by atoms with E-state index < -0.39 is 0 Å². The molecule has 0 aliphatic carbocycles. The number of halogens is 1. The molecular formula is C14H19BrN2O. The van der Waals surface area contributed by atoms with Gasteiger partial charge in [-0.3, -0.25) is 4.79 Å². The van der Waals surface area contributed by atoms with Crippen molar-refractivity contribution >= 4 is 21.8 Å². The third-order valence-corrected chi connectivity index (χ3v) is 4.12. The first kappa shape index (κ1) is 13.6. The summed E-state index contributed by atoms with van der Waals surface area (Å²) in [5.74, 6) is 0.0160. The molecule has 2 rings (SSSR count). The van der Waals surface area contributed by atoms with E-state index in [1.54, 1.807) is 0 Å². The summed E-state index contributed by atoms with van der Waals surface area (Å²) < 4.78 is 0.990. The van der Waals surface area contributed by atoms with Crippen molar-refractivity contribution in [2.45, 2.75) is 19.8 Å². The zero-order chi connectivity index (χ0) is 13.0. The lowest BCUT2D eigenvalue weighted by molar-refractivity contribution is 0.0922. The van der Waals surface area contributed by atoms with Gasteiger partial charge in [0, 0.05) is 16.6 Å². The second-order valence-corrected chi connectivity index (χ2v) is 6.17. The molecule has 1 aromatic rings. The molecule has 1 heterocycles. The first-order chi connectivity index (χ1) is 8.59. The molecule has 1 aromatic carbocycles. The summed E-state index contributed by atoms with van der Waals surface area (Å²) in [6.45, 7) is 5.09. The highest BCUT2D eigenvalue weighted by Gasteiger charge is 2.27. The number of rotatable bonds is 3. The van der Waals surface area contributed by atoms with E-state index >= 15 is 0 Å². The van der Waals surface area contributed by atoms with Crippen molar-refractivity contribution in [2.24, 2.45) is 5.41 Å². The van der Waals surface area contributed by atoms with Crippen LogP contribution in [0.2, 0.25) is 0 Å². The highest BCUT2D eigenvalue weighted by atomic mass is 79.9. The van der Waals surface area contributed by atoms with E-state index in [1.165, 1.54) is 0 Å². The van der Waals surface area contributed by atoms with E-state index in [1.807, 2.05) is 24.3 Å². The number of hydrogen-bond donors (Lipinski definition) is 2. The summed E-state index contributed by atoms with van der Waals surface area (Å²) in [7, 11) is 0. The average molecular weight is 311 g/mol. The minimum absolute atomic E-state index is 0.0160. The van der Waals surface area contributed by atoms with Gasteiger partial charge in [-0.25, -0.2) is 0 Å². The third kappa shape index (κ3) is 3.56. The maximum absolute atomic E-state index is 12.0. The summed E-state index contributed by atoms with van der Waals surface area (Å²) in [6.07, 6.45) is 2.24. The number of carbonyl (C=O) groups excluding carboxylic acids is 1. The molecule has 4 heteroatoms. The van der Waals surface area contributed by atoms with Gasteiger partial charge in [-0.2, -0.15) is 0 Å². The van der Waals surface area contributed by atoms with Crippen LogP contribution in [0, 0.1) is 5.41 Å². The Kier molecular flexibility index (Phi) is 4.40. The van der Waals surface area contributed by atoms with Crippen LogP contribution in [0.5, 0.6) is 0 Å². The molecule has 0 atom stereocenters. The number of hydrogen-bond acceptors (Lipinski definition) is 2. The summed E-state index contributed by atoms with van der Waals surface area (Å²) in [5, 5.41) is 6.39. The maximum Gasteiger partial charge on any atom is 0.251 e. The maximum atomic E-state index is 12.0. The molecule has 0 spiro atoms. The second kappa shape index (κ2) is 5.85. The lowest BCUT2D eigenvalue weighted by atomic mass is 9.81. The first-order valence-corrected chi connectivity index (χ1v) is 7.13. The molecule has 2 N–H and O–H groups in total. The molecule has 98 valence electrons. The standard InChI is InChI=1S/C14H19BrN2O/c1-14(6-8-16-9-7-14)10-17-13(18)11-2-4-12(15)5-3-11/h2-5,16H,6-10H2,1H3,(H,17,18). The zero-order valence-electron chi connectivity index (χ0n) is 10.6. The van der Waals surface area contributed by atoms with Crippen LogP contribution >= 0.6 is 15.9 Å². The Bertz CT molecular complexity index is 410. The van der Waals surface area contributed by atoms with E-state index in [-0.39, 0.29) is 11.3 Å². The van der Waals surface area contributed by atoms with E-state index in [9.17, 15) is 4.79 Å². The molecule has 1 saturated heterocycles. The van der Waals surface area contributed by atoms with Gasteiger partial charge < -0.3 is 10.6 Å². The molecule has 1 aliphatic rings. The van der Waals surface area contributed by atoms with Gasteiger partial charge in [0.25, 0.3) is 5.91 Å². The Morgan fingerprint density at radius 3 is 2.56 bits per heavy atom. The lowest BCUT2D eigenvalue weighted by Gasteiger charge is -2.34. The van der Waals surface area contributed by atoms with Crippen molar-refractivity contribution in [1.82, 2.24) is 10.6 Å². The number of piperidine rings is 1. The van der Waals surface area contributed by atoms with Crippen molar-refractivity contribution in [3.8, 4) is 0 Å². The highest BCUT2D eigenvalue weighted by Crippen LogP contribution is 2.26.